The first-order valence-electron chi connectivity index (χ1n) is 17.6. The maximum absolute atomic E-state index is 14.4. The number of alkyl carbamates (subject to hydrolysis) is 1. The first-order chi connectivity index (χ1) is 23.7. The van der Waals surface area contributed by atoms with E-state index >= 15 is 0 Å². The summed E-state index contributed by atoms with van der Waals surface area (Å²) in [6, 6.07) is 2.61. The third kappa shape index (κ3) is 8.93. The van der Waals surface area contributed by atoms with Gasteiger partial charge in [0.05, 0.1) is 13.1 Å². The fourth-order valence-electron chi connectivity index (χ4n) is 6.89. The number of nitrogens with one attached hydrogen (secondary N) is 3. The van der Waals surface area contributed by atoms with Gasteiger partial charge in [0.15, 0.2) is 0 Å². The van der Waals surface area contributed by atoms with Gasteiger partial charge in [0, 0.05) is 37.5 Å². The van der Waals surface area contributed by atoms with Crippen molar-refractivity contribution in [3.63, 3.8) is 0 Å². The lowest BCUT2D eigenvalue weighted by Gasteiger charge is -2.30. The molecule has 4 aliphatic rings. The Morgan fingerprint density at radius 1 is 1.12 bits per heavy atom. The smallest absolute Gasteiger partial charge is 0.410 e. The average Bonchev–Trinajstić information content (AvgIpc) is 3.33. The lowest BCUT2D eigenvalue weighted by atomic mass is 10.0. The van der Waals surface area contributed by atoms with Crippen molar-refractivity contribution in [1.82, 2.24) is 30.7 Å². The minimum absolute atomic E-state index is 0.0174. The van der Waals surface area contributed by atoms with Crippen LogP contribution in [0.15, 0.2) is 30.4 Å². The van der Waals surface area contributed by atoms with E-state index in [2.05, 4.69) is 16.0 Å². The molecular formula is C36H51FN6O7. The molecule has 1 aliphatic carbocycles. The Kier molecular flexibility index (Phi) is 11.4. The SMILES string of the molecule is CN(C)CCNC(=O)[C@@]12C[C@@H]1/C=C\CCCCC[C@H](NC(=O)OC(C)(C)C)C(=O)N1C[C@H](OC(=O)N3Cc4cccc(F)c4C3)C[C@H]1C(=O)N2. The van der Waals surface area contributed by atoms with Crippen LogP contribution < -0.4 is 16.0 Å². The van der Waals surface area contributed by atoms with Crippen molar-refractivity contribution in [1.29, 1.82) is 0 Å². The Balaban J connectivity index is 1.38. The second-order valence-electron chi connectivity index (χ2n) is 15.1. The summed E-state index contributed by atoms with van der Waals surface area (Å²) in [4.78, 5) is 72.9. The number of nitrogens with zero attached hydrogens (tertiary/aromatic N) is 3. The molecule has 1 aromatic rings. The van der Waals surface area contributed by atoms with Gasteiger partial charge in [-0.25, -0.2) is 14.0 Å². The number of hydrogen-bond donors (Lipinski definition) is 3. The number of carbonyl (C=O) groups excluding carboxylic acids is 5. The second-order valence-corrected chi connectivity index (χ2v) is 15.1. The third-order valence-corrected chi connectivity index (χ3v) is 9.63. The molecule has 3 aliphatic heterocycles. The Bertz CT molecular complexity index is 1500. The summed E-state index contributed by atoms with van der Waals surface area (Å²) in [6.45, 7) is 6.31. The summed E-state index contributed by atoms with van der Waals surface area (Å²) < 4.78 is 25.7. The minimum Gasteiger partial charge on any atom is -0.444 e. The molecule has 3 heterocycles. The van der Waals surface area contributed by atoms with E-state index in [1.54, 1.807) is 32.9 Å². The van der Waals surface area contributed by atoms with E-state index in [0.29, 0.717) is 43.5 Å². The van der Waals surface area contributed by atoms with Crippen LogP contribution in [-0.4, -0.2) is 108 Å². The number of carbonyl (C=O) groups is 5. The van der Waals surface area contributed by atoms with Gasteiger partial charge in [-0.1, -0.05) is 37.1 Å². The molecule has 0 unspecified atom stereocenters. The van der Waals surface area contributed by atoms with Gasteiger partial charge in [-0.2, -0.15) is 0 Å². The Morgan fingerprint density at radius 2 is 1.90 bits per heavy atom. The van der Waals surface area contributed by atoms with Gasteiger partial charge >= 0.3 is 12.2 Å². The molecule has 50 heavy (non-hydrogen) atoms. The Labute approximate surface area is 293 Å². The molecule has 1 saturated heterocycles. The normalized spacial score (nSPS) is 27.6. The fourth-order valence-corrected chi connectivity index (χ4v) is 6.89. The van der Waals surface area contributed by atoms with E-state index in [4.69, 9.17) is 9.47 Å². The third-order valence-electron chi connectivity index (χ3n) is 9.63. The molecule has 5 atom stereocenters. The predicted molar refractivity (Wildman–Crippen MR) is 182 cm³/mol. The van der Waals surface area contributed by atoms with Gasteiger partial charge in [-0.15, -0.1) is 0 Å². The monoisotopic (exact) mass is 698 g/mol. The van der Waals surface area contributed by atoms with Crippen molar-refractivity contribution in [2.45, 2.75) is 108 Å². The first-order valence-corrected chi connectivity index (χ1v) is 17.6. The summed E-state index contributed by atoms with van der Waals surface area (Å²) in [5, 5.41) is 8.66. The molecule has 0 bridgehead atoms. The number of hydrogen-bond acceptors (Lipinski definition) is 8. The highest BCUT2D eigenvalue weighted by Gasteiger charge is 2.61. The molecule has 0 aromatic heterocycles. The van der Waals surface area contributed by atoms with Gasteiger partial charge in [0.1, 0.15) is 35.1 Å². The summed E-state index contributed by atoms with van der Waals surface area (Å²) in [5.41, 5.74) is -0.858. The minimum atomic E-state index is -1.18. The molecule has 3 N–H and O–H groups in total. The Hall–Kier alpha value is -4.20. The van der Waals surface area contributed by atoms with Crippen molar-refractivity contribution in [3.05, 3.63) is 47.3 Å². The molecule has 2 fully saturated rings. The summed E-state index contributed by atoms with van der Waals surface area (Å²) >= 11 is 0. The van der Waals surface area contributed by atoms with Gasteiger partial charge in [0.2, 0.25) is 17.7 Å². The topological polar surface area (TPSA) is 150 Å². The quantitative estimate of drug-likeness (QED) is 0.384. The number of allylic oxidation sites excluding steroid dienone is 1. The zero-order chi connectivity index (χ0) is 36.2. The van der Waals surface area contributed by atoms with Crippen LogP contribution >= 0.6 is 0 Å². The molecular weight excluding hydrogens is 647 g/mol. The molecule has 0 spiro atoms. The summed E-state index contributed by atoms with van der Waals surface area (Å²) in [7, 11) is 3.80. The van der Waals surface area contributed by atoms with Crippen molar-refractivity contribution >= 4 is 29.9 Å². The molecule has 1 saturated carbocycles. The van der Waals surface area contributed by atoms with Crippen LogP contribution in [0.3, 0.4) is 0 Å². The van der Waals surface area contributed by atoms with Crippen LogP contribution in [-0.2, 0) is 36.9 Å². The first kappa shape index (κ1) is 37.1. The van der Waals surface area contributed by atoms with E-state index in [0.717, 1.165) is 19.3 Å². The molecule has 5 rings (SSSR count). The van der Waals surface area contributed by atoms with Crippen molar-refractivity contribution < 1.29 is 37.8 Å². The van der Waals surface area contributed by atoms with Crippen LogP contribution in [0.25, 0.3) is 0 Å². The lowest BCUT2D eigenvalue weighted by molar-refractivity contribution is -0.141. The largest absolute Gasteiger partial charge is 0.444 e. The molecule has 5 amide bonds. The Morgan fingerprint density at radius 3 is 2.62 bits per heavy atom. The number of fused-ring (bicyclic) bond motifs is 3. The highest BCUT2D eigenvalue weighted by molar-refractivity contribution is 5.98. The van der Waals surface area contributed by atoms with Crippen LogP contribution in [0.1, 0.15) is 76.8 Å². The highest BCUT2D eigenvalue weighted by Crippen LogP contribution is 2.45. The number of halogens is 1. The number of ether oxygens (including phenoxy) is 2. The van der Waals surface area contributed by atoms with E-state index in [1.807, 2.05) is 31.1 Å². The van der Waals surface area contributed by atoms with Crippen molar-refractivity contribution in [3.8, 4) is 0 Å². The average molecular weight is 699 g/mol. The van der Waals surface area contributed by atoms with Crippen LogP contribution in [0.4, 0.5) is 14.0 Å². The van der Waals surface area contributed by atoms with E-state index in [1.165, 1.54) is 15.9 Å². The fraction of sp³-hybridized carbons (Fsp3) is 0.639. The van der Waals surface area contributed by atoms with Gasteiger partial charge in [-0.05, 0) is 72.2 Å². The van der Waals surface area contributed by atoms with Gasteiger partial charge in [-0.3, -0.25) is 19.3 Å². The van der Waals surface area contributed by atoms with Crippen LogP contribution in [0, 0.1) is 11.7 Å². The number of rotatable bonds is 6. The van der Waals surface area contributed by atoms with Gasteiger partial charge < -0.3 is 35.2 Å². The lowest BCUT2D eigenvalue weighted by Crippen LogP contribution is -2.58. The van der Waals surface area contributed by atoms with E-state index in [9.17, 15) is 28.4 Å². The zero-order valence-electron chi connectivity index (χ0n) is 29.8. The summed E-state index contributed by atoms with van der Waals surface area (Å²) in [6.07, 6.45) is 5.48. The number of likely N-dealkylation sites (N-methyl/N-ethyl adjacent to an activating group) is 1. The standard InChI is InChI=1S/C36H51FN6O7/c1-35(2,3)50-33(47)39-28-15-10-8-6-7-9-13-24-19-36(24,32(46)38-16-17-41(4)5)40-30(44)29-18-25(21-43(29)31(28)45)49-34(48)42-20-23-12-11-14-27(37)26(23)22-42/h9,11-14,24-25,28-29H,6-8,10,15-22H2,1-5H3,(H,38,46)(H,39,47)(H,40,44)/b13-9-/t24-,25+,28-,29-,36+/m0/s1. The highest BCUT2D eigenvalue weighted by atomic mass is 19.1. The molecule has 0 radical (unpaired) electrons. The molecule has 14 heteroatoms. The van der Waals surface area contributed by atoms with Crippen LogP contribution in [0.2, 0.25) is 0 Å². The van der Waals surface area contributed by atoms with Crippen molar-refractivity contribution in [2.75, 3.05) is 33.7 Å². The summed E-state index contributed by atoms with van der Waals surface area (Å²) in [5.74, 6) is -1.96. The zero-order valence-corrected chi connectivity index (χ0v) is 29.8. The number of benzene rings is 1. The maximum atomic E-state index is 14.4. The van der Waals surface area contributed by atoms with E-state index < -0.39 is 59.1 Å². The van der Waals surface area contributed by atoms with Crippen molar-refractivity contribution in [2.24, 2.45) is 5.92 Å². The number of amides is 5. The molecule has 274 valence electrons. The molecule has 1 aromatic carbocycles. The molecule has 13 nitrogen and oxygen atoms in total. The predicted octanol–water partition coefficient (Wildman–Crippen LogP) is 3.21. The van der Waals surface area contributed by atoms with Crippen LogP contribution in [0.5, 0.6) is 0 Å². The second kappa shape index (κ2) is 15.4. The maximum Gasteiger partial charge on any atom is 0.410 e. The van der Waals surface area contributed by atoms with Gasteiger partial charge in [0.25, 0.3) is 0 Å². The van der Waals surface area contributed by atoms with E-state index in [-0.39, 0.29) is 37.9 Å².